The summed E-state index contributed by atoms with van der Waals surface area (Å²) in [5, 5.41) is 0. The summed E-state index contributed by atoms with van der Waals surface area (Å²) in [5.74, 6) is 0.308. The van der Waals surface area contributed by atoms with Crippen molar-refractivity contribution in [2.24, 2.45) is 11.7 Å². The maximum absolute atomic E-state index is 5.74. The van der Waals surface area contributed by atoms with Crippen LogP contribution in [0.1, 0.15) is 26.7 Å². The molecule has 0 aromatic carbocycles. The minimum atomic E-state index is -0.816. The maximum atomic E-state index is 5.74. The molecule has 2 N–H and O–H groups in total. The van der Waals surface area contributed by atoms with Crippen LogP contribution in [0.3, 0.4) is 0 Å². The van der Waals surface area contributed by atoms with Gasteiger partial charge in [-0.3, -0.25) is 0 Å². The van der Waals surface area contributed by atoms with E-state index in [1.165, 1.54) is 0 Å². The first-order chi connectivity index (χ1) is 4.02. The van der Waals surface area contributed by atoms with E-state index < -0.39 is 4.33 Å². The third kappa shape index (κ3) is 3.33. The number of thiol groups is 1. The van der Waals surface area contributed by atoms with E-state index in [0.29, 0.717) is 5.92 Å². The fourth-order valence-corrected chi connectivity index (χ4v) is 1.54. The smallest absolute Gasteiger partial charge is 0.138 e. The highest BCUT2D eigenvalue weighted by Crippen LogP contribution is 2.28. The molecule has 9 heavy (non-hydrogen) atoms. The molecule has 1 nitrogen and oxygen atoms in total. The van der Waals surface area contributed by atoms with E-state index in [4.69, 9.17) is 17.3 Å². The zero-order valence-electron chi connectivity index (χ0n) is 5.89. The van der Waals surface area contributed by atoms with Crippen LogP contribution in [0.4, 0.5) is 0 Å². The van der Waals surface area contributed by atoms with Gasteiger partial charge in [0.15, 0.2) is 0 Å². The van der Waals surface area contributed by atoms with Crippen LogP contribution in [0, 0.1) is 5.92 Å². The van der Waals surface area contributed by atoms with Crippen LogP contribution in [0.15, 0.2) is 0 Å². The van der Waals surface area contributed by atoms with Crippen LogP contribution < -0.4 is 5.73 Å². The first-order valence-electron chi connectivity index (χ1n) is 3.22. The molecule has 56 valence electrons. The average Bonchev–Trinajstić information content (AvgIpc) is 1.65. The van der Waals surface area contributed by atoms with Crippen LogP contribution >= 0.6 is 24.2 Å². The largest absolute Gasteiger partial charge is 0.304 e. The van der Waals surface area contributed by atoms with Crippen molar-refractivity contribution in [3.05, 3.63) is 0 Å². The molecule has 1 atom stereocenters. The molecule has 0 aromatic heterocycles. The summed E-state index contributed by atoms with van der Waals surface area (Å²) in [4.78, 5) is 0. The topological polar surface area (TPSA) is 26.0 Å². The predicted molar refractivity (Wildman–Crippen MR) is 45.8 cm³/mol. The zero-order chi connectivity index (χ0) is 7.49. The lowest BCUT2D eigenvalue weighted by atomic mass is 10.0. The summed E-state index contributed by atoms with van der Waals surface area (Å²) in [6.45, 7) is 4.13. The molecule has 0 aliphatic carbocycles. The molecule has 0 saturated carbocycles. The van der Waals surface area contributed by atoms with E-state index in [0.717, 1.165) is 12.8 Å². The first kappa shape index (κ1) is 9.60. The highest BCUT2D eigenvalue weighted by molar-refractivity contribution is 7.83. The van der Waals surface area contributed by atoms with Gasteiger partial charge in [-0.15, -0.1) is 12.6 Å². The average molecular weight is 168 g/mol. The third-order valence-corrected chi connectivity index (χ3v) is 2.23. The lowest BCUT2D eigenvalue weighted by Crippen LogP contribution is -2.34. The van der Waals surface area contributed by atoms with Gasteiger partial charge in [-0.1, -0.05) is 25.4 Å². The highest BCUT2D eigenvalue weighted by Gasteiger charge is 2.24. The summed E-state index contributed by atoms with van der Waals surface area (Å²) in [5.41, 5.74) is 5.53. The van der Waals surface area contributed by atoms with Crippen molar-refractivity contribution in [3.63, 3.8) is 0 Å². The van der Waals surface area contributed by atoms with Crippen LogP contribution in [-0.2, 0) is 0 Å². The van der Waals surface area contributed by atoms with Gasteiger partial charge < -0.3 is 5.73 Å². The molecule has 0 amide bonds. The Morgan fingerprint density at radius 1 is 1.56 bits per heavy atom. The number of hydrogen-bond donors (Lipinski definition) is 2. The van der Waals surface area contributed by atoms with Crippen molar-refractivity contribution in [1.82, 2.24) is 0 Å². The molecular formula is C6H14ClNS. The van der Waals surface area contributed by atoms with E-state index in [9.17, 15) is 0 Å². The van der Waals surface area contributed by atoms with Gasteiger partial charge in [0.2, 0.25) is 0 Å². The summed E-state index contributed by atoms with van der Waals surface area (Å²) >= 11 is 9.79. The van der Waals surface area contributed by atoms with Gasteiger partial charge in [-0.25, -0.2) is 0 Å². The molecule has 3 heteroatoms. The number of hydrogen-bond acceptors (Lipinski definition) is 2. The summed E-state index contributed by atoms with van der Waals surface area (Å²) in [6, 6.07) is 0. The molecule has 0 bridgehead atoms. The van der Waals surface area contributed by atoms with E-state index >= 15 is 0 Å². The lowest BCUT2D eigenvalue weighted by Gasteiger charge is -2.24. The van der Waals surface area contributed by atoms with Gasteiger partial charge in [0.05, 0.1) is 0 Å². The minimum Gasteiger partial charge on any atom is -0.304 e. The lowest BCUT2D eigenvalue weighted by molar-refractivity contribution is 0.449. The molecule has 0 heterocycles. The van der Waals surface area contributed by atoms with Crippen LogP contribution in [0.25, 0.3) is 0 Å². The van der Waals surface area contributed by atoms with E-state index in [1.54, 1.807) is 0 Å². The van der Waals surface area contributed by atoms with Crippen molar-refractivity contribution in [3.8, 4) is 0 Å². The molecule has 0 aliphatic rings. The summed E-state index contributed by atoms with van der Waals surface area (Å²) in [7, 11) is 0. The monoisotopic (exact) mass is 167 g/mol. The minimum absolute atomic E-state index is 0.308. The van der Waals surface area contributed by atoms with Crippen molar-refractivity contribution in [1.29, 1.82) is 0 Å². The Labute approximate surface area is 67.4 Å². The van der Waals surface area contributed by atoms with Gasteiger partial charge in [0.1, 0.15) is 4.33 Å². The molecular weight excluding hydrogens is 154 g/mol. The molecule has 0 spiro atoms. The summed E-state index contributed by atoms with van der Waals surface area (Å²) < 4.78 is -0.816. The van der Waals surface area contributed by atoms with Gasteiger partial charge in [0.25, 0.3) is 0 Å². The molecule has 1 unspecified atom stereocenters. The predicted octanol–water partition coefficient (Wildman–Crippen LogP) is 2.20. The van der Waals surface area contributed by atoms with Crippen LogP contribution in [-0.4, -0.2) is 4.33 Å². The maximum Gasteiger partial charge on any atom is 0.138 e. The molecule has 0 saturated heterocycles. The standard InChI is InChI=1S/C6H14ClNS/c1-3-5(4-2)6(7,8)9/h5,9H,3-4,8H2,1-2H3. The normalized spacial score (nSPS) is 18.0. The Kier molecular flexibility index (Phi) is 3.94. The Balaban J connectivity index is 3.79. The number of rotatable bonds is 3. The van der Waals surface area contributed by atoms with Gasteiger partial charge >= 0.3 is 0 Å². The molecule has 0 aromatic rings. The van der Waals surface area contributed by atoms with E-state index in [1.807, 2.05) is 0 Å². The summed E-state index contributed by atoms with van der Waals surface area (Å²) in [6.07, 6.45) is 1.97. The second-order valence-corrected chi connectivity index (χ2v) is 3.87. The van der Waals surface area contributed by atoms with Crippen molar-refractivity contribution in [2.45, 2.75) is 31.0 Å². The van der Waals surface area contributed by atoms with Crippen LogP contribution in [0.5, 0.6) is 0 Å². The molecule has 0 rings (SSSR count). The van der Waals surface area contributed by atoms with E-state index in [2.05, 4.69) is 26.5 Å². The Morgan fingerprint density at radius 2 is 1.89 bits per heavy atom. The number of nitrogens with two attached hydrogens (primary N) is 1. The Morgan fingerprint density at radius 3 is 1.89 bits per heavy atom. The molecule has 0 aliphatic heterocycles. The van der Waals surface area contributed by atoms with Crippen LogP contribution in [0.2, 0.25) is 0 Å². The van der Waals surface area contributed by atoms with Crippen molar-refractivity contribution < 1.29 is 0 Å². The second kappa shape index (κ2) is 3.69. The van der Waals surface area contributed by atoms with Gasteiger partial charge in [-0.2, -0.15) is 0 Å². The van der Waals surface area contributed by atoms with Crippen molar-refractivity contribution >= 4 is 24.2 Å². The zero-order valence-corrected chi connectivity index (χ0v) is 7.54. The number of alkyl halides is 1. The Bertz CT molecular complexity index is 75.6. The third-order valence-electron chi connectivity index (χ3n) is 1.56. The fraction of sp³-hybridized carbons (Fsp3) is 1.00. The number of halogens is 1. The van der Waals surface area contributed by atoms with E-state index in [-0.39, 0.29) is 0 Å². The first-order valence-corrected chi connectivity index (χ1v) is 4.05. The second-order valence-electron chi connectivity index (χ2n) is 2.24. The molecule has 0 fully saturated rings. The SMILES string of the molecule is CCC(CC)C(N)(S)Cl. The fourth-order valence-electron chi connectivity index (χ4n) is 0.861. The highest BCUT2D eigenvalue weighted by atomic mass is 35.5. The quantitative estimate of drug-likeness (QED) is 0.287. The van der Waals surface area contributed by atoms with Crippen molar-refractivity contribution in [2.75, 3.05) is 0 Å². The Hall–Kier alpha value is 0.600. The van der Waals surface area contributed by atoms with Gasteiger partial charge in [0, 0.05) is 0 Å². The van der Waals surface area contributed by atoms with Gasteiger partial charge in [-0.05, 0) is 18.8 Å². The molecule has 0 radical (unpaired) electrons.